The van der Waals surface area contributed by atoms with Crippen molar-refractivity contribution in [2.24, 2.45) is 0 Å². The van der Waals surface area contributed by atoms with Crippen LogP contribution in [-0.4, -0.2) is 0 Å². The average Bonchev–Trinajstić information content (AvgIpc) is 2.31. The Morgan fingerprint density at radius 3 is 2.64 bits per heavy atom. The number of rotatable bonds is 3. The molecule has 0 aromatic heterocycles. The summed E-state index contributed by atoms with van der Waals surface area (Å²) in [5, 5.41) is 0. The fourth-order valence-corrected chi connectivity index (χ4v) is 1.31. The summed E-state index contributed by atoms with van der Waals surface area (Å²) in [6.07, 6.45) is 9.83. The first-order valence-electron chi connectivity index (χ1n) is 4.19. The van der Waals surface area contributed by atoms with Crippen LogP contribution in [0.25, 0.3) is 0 Å². The van der Waals surface area contributed by atoms with Gasteiger partial charge in [0.25, 0.3) is 0 Å². The van der Waals surface area contributed by atoms with E-state index in [2.05, 4.69) is 26.0 Å². The Morgan fingerprint density at radius 2 is 2.18 bits per heavy atom. The molecule has 0 amide bonds. The molecule has 0 N–H and O–H groups in total. The molecular weight excluding hydrogens is 132 g/mol. The summed E-state index contributed by atoms with van der Waals surface area (Å²) in [5.74, 6) is 0. The lowest BCUT2D eigenvalue weighted by atomic mass is 10.1. The Kier molecular flexibility index (Phi) is 4.93. The Labute approximate surface area is 71.0 Å². The molecule has 0 nitrogen and oxygen atoms in total. The molecule has 0 atom stereocenters. The maximum Gasteiger partial charge on any atom is -0.0130 e. The second-order valence-electron chi connectivity index (χ2n) is 3.06. The molecule has 0 spiro atoms. The third-order valence-corrected chi connectivity index (χ3v) is 1.97. The largest absolute Gasteiger partial charge is 0.0776 e. The minimum absolute atomic E-state index is 0. The van der Waals surface area contributed by atoms with E-state index in [1.807, 2.05) is 0 Å². The van der Waals surface area contributed by atoms with Crippen LogP contribution in [-0.2, 0) is 0 Å². The summed E-state index contributed by atoms with van der Waals surface area (Å²) in [4.78, 5) is 0. The Balaban J connectivity index is 0.000001000. The van der Waals surface area contributed by atoms with Gasteiger partial charge in [-0.05, 0) is 26.2 Å². The highest BCUT2D eigenvalue weighted by atomic mass is 14.1. The minimum atomic E-state index is 0. The first-order chi connectivity index (χ1) is 4.83. The van der Waals surface area contributed by atoms with Gasteiger partial charge >= 0.3 is 0 Å². The van der Waals surface area contributed by atoms with E-state index < -0.39 is 0 Å². The van der Waals surface area contributed by atoms with Crippen molar-refractivity contribution in [3.8, 4) is 0 Å². The van der Waals surface area contributed by atoms with Crippen molar-refractivity contribution in [1.82, 2.24) is 0 Å². The van der Waals surface area contributed by atoms with E-state index in [9.17, 15) is 0 Å². The molecule has 0 bridgehead atoms. The maximum atomic E-state index is 2.33. The van der Waals surface area contributed by atoms with E-state index >= 15 is 0 Å². The topological polar surface area (TPSA) is 0 Å². The van der Waals surface area contributed by atoms with Crippen LogP contribution in [0.3, 0.4) is 0 Å². The minimum Gasteiger partial charge on any atom is -0.0776 e. The average molecular weight is 152 g/mol. The molecule has 11 heavy (non-hydrogen) atoms. The van der Waals surface area contributed by atoms with Crippen molar-refractivity contribution in [2.75, 3.05) is 0 Å². The van der Waals surface area contributed by atoms with Crippen LogP contribution in [0.1, 0.15) is 47.0 Å². The highest BCUT2D eigenvalue weighted by molar-refractivity contribution is 5.30. The molecule has 64 valence electrons. The van der Waals surface area contributed by atoms with Gasteiger partial charge in [0.2, 0.25) is 0 Å². The molecule has 0 aromatic rings. The molecule has 1 aliphatic carbocycles. The summed E-state index contributed by atoms with van der Waals surface area (Å²) >= 11 is 0. The van der Waals surface area contributed by atoms with Crippen molar-refractivity contribution in [1.29, 1.82) is 0 Å². The summed E-state index contributed by atoms with van der Waals surface area (Å²) in [6, 6.07) is 0. The standard InChI is InChI=1S/C10H16.CH4/c1-3-4-5-10-7-6-9(2)8-10;/h6,8H,3-5,7H2,1-2H3;1H4. The molecule has 0 aromatic carbocycles. The monoisotopic (exact) mass is 152 g/mol. The normalized spacial score (nSPS) is 15.5. The highest BCUT2D eigenvalue weighted by Crippen LogP contribution is 2.21. The number of hydrogen-bond acceptors (Lipinski definition) is 0. The lowest BCUT2D eigenvalue weighted by molar-refractivity contribution is 0.779. The van der Waals surface area contributed by atoms with Crippen LogP contribution >= 0.6 is 0 Å². The second kappa shape index (κ2) is 5.17. The molecule has 0 unspecified atom stereocenters. The molecule has 0 aliphatic heterocycles. The molecule has 1 rings (SSSR count). The fourth-order valence-electron chi connectivity index (χ4n) is 1.31. The van der Waals surface area contributed by atoms with Crippen LogP contribution in [0.15, 0.2) is 23.3 Å². The Hall–Kier alpha value is -0.520. The lowest BCUT2D eigenvalue weighted by Gasteiger charge is -1.96. The van der Waals surface area contributed by atoms with E-state index in [0.29, 0.717) is 0 Å². The van der Waals surface area contributed by atoms with Crippen molar-refractivity contribution in [2.45, 2.75) is 47.0 Å². The van der Waals surface area contributed by atoms with Gasteiger partial charge in [0.05, 0.1) is 0 Å². The Bertz CT molecular complexity index is 161. The number of unbranched alkanes of at least 4 members (excludes halogenated alkanes) is 1. The van der Waals surface area contributed by atoms with Crippen molar-refractivity contribution in [3.63, 3.8) is 0 Å². The van der Waals surface area contributed by atoms with Crippen LogP contribution in [0.5, 0.6) is 0 Å². The SMILES string of the molecule is C.CCCCC1=CC(C)=CC1. The van der Waals surface area contributed by atoms with Crippen molar-refractivity contribution < 1.29 is 0 Å². The molecule has 0 fully saturated rings. The first-order valence-corrected chi connectivity index (χ1v) is 4.19. The second-order valence-corrected chi connectivity index (χ2v) is 3.06. The molecule has 0 heteroatoms. The van der Waals surface area contributed by atoms with Crippen molar-refractivity contribution >= 4 is 0 Å². The van der Waals surface area contributed by atoms with Gasteiger partial charge in [-0.3, -0.25) is 0 Å². The van der Waals surface area contributed by atoms with Gasteiger partial charge < -0.3 is 0 Å². The van der Waals surface area contributed by atoms with Gasteiger partial charge in [-0.2, -0.15) is 0 Å². The quantitative estimate of drug-likeness (QED) is 0.571. The van der Waals surface area contributed by atoms with Gasteiger partial charge in [0.15, 0.2) is 0 Å². The summed E-state index contributed by atoms with van der Waals surface area (Å²) < 4.78 is 0. The zero-order valence-corrected chi connectivity index (χ0v) is 6.98. The summed E-state index contributed by atoms with van der Waals surface area (Å²) in [6.45, 7) is 4.43. The Morgan fingerprint density at radius 1 is 1.45 bits per heavy atom. The summed E-state index contributed by atoms with van der Waals surface area (Å²) in [5.41, 5.74) is 3.07. The third-order valence-electron chi connectivity index (χ3n) is 1.97. The first kappa shape index (κ1) is 10.5. The van der Waals surface area contributed by atoms with Crippen LogP contribution < -0.4 is 0 Å². The van der Waals surface area contributed by atoms with Crippen LogP contribution in [0, 0.1) is 0 Å². The summed E-state index contributed by atoms with van der Waals surface area (Å²) in [7, 11) is 0. The molecule has 0 saturated heterocycles. The molecule has 1 aliphatic rings. The third kappa shape index (κ3) is 3.41. The van der Waals surface area contributed by atoms with E-state index in [4.69, 9.17) is 0 Å². The van der Waals surface area contributed by atoms with E-state index in [1.54, 1.807) is 5.57 Å². The van der Waals surface area contributed by atoms with Gasteiger partial charge in [-0.15, -0.1) is 0 Å². The highest BCUT2D eigenvalue weighted by Gasteiger charge is 2.01. The predicted molar refractivity (Wildman–Crippen MR) is 52.7 cm³/mol. The van der Waals surface area contributed by atoms with Crippen LogP contribution in [0.2, 0.25) is 0 Å². The van der Waals surface area contributed by atoms with E-state index in [-0.39, 0.29) is 7.43 Å². The lowest BCUT2D eigenvalue weighted by Crippen LogP contribution is -1.77. The number of hydrogen-bond donors (Lipinski definition) is 0. The molecular formula is C11H20. The van der Waals surface area contributed by atoms with Gasteiger partial charge in [0, 0.05) is 0 Å². The van der Waals surface area contributed by atoms with Gasteiger partial charge in [0.1, 0.15) is 0 Å². The molecule has 0 saturated carbocycles. The van der Waals surface area contributed by atoms with Crippen LogP contribution in [0.4, 0.5) is 0 Å². The predicted octanol–water partition coefficient (Wildman–Crippen LogP) is 4.09. The van der Waals surface area contributed by atoms with Gasteiger partial charge in [-0.1, -0.05) is 44.1 Å². The van der Waals surface area contributed by atoms with E-state index in [1.165, 1.54) is 31.3 Å². The smallest absolute Gasteiger partial charge is 0.0130 e. The van der Waals surface area contributed by atoms with Gasteiger partial charge in [-0.25, -0.2) is 0 Å². The van der Waals surface area contributed by atoms with Crippen molar-refractivity contribution in [3.05, 3.63) is 23.3 Å². The zero-order chi connectivity index (χ0) is 7.40. The zero-order valence-electron chi connectivity index (χ0n) is 6.98. The molecule has 0 heterocycles. The number of allylic oxidation sites excluding steroid dienone is 4. The fraction of sp³-hybridized carbons (Fsp3) is 0.636. The van der Waals surface area contributed by atoms with E-state index in [0.717, 1.165) is 0 Å². The maximum absolute atomic E-state index is 2.33. The molecule has 0 radical (unpaired) electrons.